The van der Waals surface area contributed by atoms with Crippen LogP contribution in [0.15, 0.2) is 87.2 Å². The first-order valence-corrected chi connectivity index (χ1v) is 12.0. The summed E-state index contributed by atoms with van der Waals surface area (Å²) in [5.74, 6) is 1.18. The third-order valence-corrected chi connectivity index (χ3v) is 6.88. The molecule has 3 aromatic rings. The molecule has 1 aliphatic rings. The Morgan fingerprint density at radius 2 is 1.61 bits per heavy atom. The number of hydrogen-bond donors (Lipinski definition) is 0. The molecule has 0 bridgehead atoms. The van der Waals surface area contributed by atoms with Crippen molar-refractivity contribution in [2.24, 2.45) is 4.99 Å². The van der Waals surface area contributed by atoms with Gasteiger partial charge in [-0.2, -0.15) is 0 Å². The number of rotatable bonds is 6. The summed E-state index contributed by atoms with van der Waals surface area (Å²) >= 11 is 4.88. The third-order valence-electron chi connectivity index (χ3n) is 5.28. The number of amidine groups is 1. The van der Waals surface area contributed by atoms with Gasteiger partial charge in [-0.3, -0.25) is 9.69 Å². The van der Waals surface area contributed by atoms with E-state index in [4.69, 9.17) is 14.5 Å². The van der Waals surface area contributed by atoms with E-state index < -0.39 is 0 Å². The number of carbonyl (C=O) groups is 1. The highest BCUT2D eigenvalue weighted by Crippen LogP contribution is 2.41. The lowest BCUT2D eigenvalue weighted by molar-refractivity contribution is -0.123. The molecule has 1 aliphatic heterocycles. The third kappa shape index (κ3) is 4.99. The predicted molar refractivity (Wildman–Crippen MR) is 138 cm³/mol. The molecule has 0 saturated carbocycles. The number of thioether (sulfide) groups is 1. The largest absolute Gasteiger partial charge is 0.496 e. The number of ether oxygens (including phenoxy) is 2. The fourth-order valence-corrected chi connectivity index (χ4v) is 5.12. The first kappa shape index (κ1) is 23.1. The maximum atomic E-state index is 13.6. The number of hydrogen-bond acceptors (Lipinski definition) is 5. The molecule has 168 valence electrons. The van der Waals surface area contributed by atoms with Gasteiger partial charge in [-0.25, -0.2) is 4.99 Å². The molecule has 1 atom stereocenters. The zero-order valence-electron chi connectivity index (χ0n) is 18.5. The van der Waals surface area contributed by atoms with E-state index in [-0.39, 0.29) is 11.9 Å². The van der Waals surface area contributed by atoms with Crippen LogP contribution in [-0.2, 0) is 4.79 Å². The summed E-state index contributed by atoms with van der Waals surface area (Å²) in [5.41, 5.74) is 2.61. The van der Waals surface area contributed by atoms with E-state index in [1.54, 1.807) is 25.2 Å². The Labute approximate surface area is 206 Å². The van der Waals surface area contributed by atoms with Gasteiger partial charge in [-0.05, 0) is 64.5 Å². The molecular formula is C26H23BrN2O3S. The van der Waals surface area contributed by atoms with E-state index in [0.29, 0.717) is 21.6 Å². The van der Waals surface area contributed by atoms with Gasteiger partial charge in [0, 0.05) is 11.6 Å². The Kier molecular flexibility index (Phi) is 7.20. The van der Waals surface area contributed by atoms with E-state index >= 15 is 0 Å². The van der Waals surface area contributed by atoms with Crippen LogP contribution in [0.2, 0.25) is 0 Å². The van der Waals surface area contributed by atoms with Crippen molar-refractivity contribution in [3.05, 3.63) is 93.3 Å². The highest BCUT2D eigenvalue weighted by Gasteiger charge is 2.37. The van der Waals surface area contributed by atoms with Gasteiger partial charge < -0.3 is 9.47 Å². The maximum absolute atomic E-state index is 13.6. The van der Waals surface area contributed by atoms with Crippen LogP contribution in [0.1, 0.15) is 24.1 Å². The fraction of sp³-hybridized carbons (Fsp3) is 0.154. The smallest absolute Gasteiger partial charge is 0.267 e. The lowest BCUT2D eigenvalue weighted by atomic mass is 10.1. The zero-order valence-corrected chi connectivity index (χ0v) is 20.9. The Bertz CT molecular complexity index is 1210. The SMILES string of the molecule is COc1cc(OC)c(/C=C2/SC(=Nc3ccccc3)N([C@H](C)c3ccccc3)C2=O)cc1Br. The molecule has 0 unspecified atom stereocenters. The lowest BCUT2D eigenvalue weighted by Crippen LogP contribution is -2.32. The highest BCUT2D eigenvalue weighted by molar-refractivity contribution is 9.10. The minimum Gasteiger partial charge on any atom is -0.496 e. The zero-order chi connectivity index (χ0) is 23.4. The molecule has 0 radical (unpaired) electrons. The van der Waals surface area contributed by atoms with Crippen molar-refractivity contribution in [2.75, 3.05) is 14.2 Å². The Morgan fingerprint density at radius 3 is 2.24 bits per heavy atom. The topological polar surface area (TPSA) is 51.1 Å². The standard InChI is InChI=1S/C26H23BrN2O3S/c1-17(18-10-6-4-7-11-18)29-25(30)24(33-26(29)28-20-12-8-5-9-13-20)15-19-14-21(27)23(32-3)16-22(19)31-2/h4-17H,1-3H3/b24-15+,28-26?/t17-/m1/s1. The van der Waals surface area contributed by atoms with Gasteiger partial charge in [-0.15, -0.1) is 0 Å². The number of halogens is 1. The van der Waals surface area contributed by atoms with Crippen molar-refractivity contribution in [2.45, 2.75) is 13.0 Å². The summed E-state index contributed by atoms with van der Waals surface area (Å²) in [4.78, 5) is 20.7. The van der Waals surface area contributed by atoms with Gasteiger partial charge in [0.15, 0.2) is 5.17 Å². The van der Waals surface area contributed by atoms with Crippen LogP contribution in [-0.4, -0.2) is 30.2 Å². The van der Waals surface area contributed by atoms with E-state index in [2.05, 4.69) is 15.9 Å². The maximum Gasteiger partial charge on any atom is 0.267 e. The van der Waals surface area contributed by atoms with Crippen molar-refractivity contribution < 1.29 is 14.3 Å². The van der Waals surface area contributed by atoms with Crippen LogP contribution in [0.25, 0.3) is 6.08 Å². The first-order chi connectivity index (χ1) is 16.0. The van der Waals surface area contributed by atoms with Gasteiger partial charge in [0.2, 0.25) is 0 Å². The second-order valence-electron chi connectivity index (χ2n) is 7.33. The molecule has 1 amide bonds. The second-order valence-corrected chi connectivity index (χ2v) is 9.19. The van der Waals surface area contributed by atoms with Crippen molar-refractivity contribution in [3.63, 3.8) is 0 Å². The van der Waals surface area contributed by atoms with Crippen LogP contribution >= 0.6 is 27.7 Å². The van der Waals surface area contributed by atoms with Crippen LogP contribution in [0.4, 0.5) is 5.69 Å². The molecule has 33 heavy (non-hydrogen) atoms. The van der Waals surface area contributed by atoms with Gasteiger partial charge in [0.1, 0.15) is 11.5 Å². The Morgan fingerprint density at radius 1 is 0.970 bits per heavy atom. The predicted octanol–water partition coefficient (Wildman–Crippen LogP) is 6.83. The molecule has 1 fully saturated rings. The van der Waals surface area contributed by atoms with Crippen molar-refractivity contribution >= 4 is 50.5 Å². The average molecular weight is 523 g/mol. The lowest BCUT2D eigenvalue weighted by Gasteiger charge is -2.24. The monoisotopic (exact) mass is 522 g/mol. The number of amides is 1. The molecule has 1 heterocycles. The van der Waals surface area contributed by atoms with Gasteiger partial charge in [0.25, 0.3) is 5.91 Å². The van der Waals surface area contributed by atoms with Crippen molar-refractivity contribution in [1.29, 1.82) is 0 Å². The van der Waals surface area contributed by atoms with Crippen molar-refractivity contribution in [3.8, 4) is 11.5 Å². The molecule has 0 spiro atoms. The summed E-state index contributed by atoms with van der Waals surface area (Å²) in [5, 5.41) is 0.639. The molecule has 7 heteroatoms. The number of para-hydroxylation sites is 1. The van der Waals surface area contributed by atoms with Gasteiger partial charge in [-0.1, -0.05) is 48.5 Å². The van der Waals surface area contributed by atoms with E-state index in [1.807, 2.05) is 79.7 Å². The highest BCUT2D eigenvalue weighted by atomic mass is 79.9. The molecular weight excluding hydrogens is 500 g/mol. The number of carbonyl (C=O) groups excluding carboxylic acids is 1. The van der Waals surface area contributed by atoms with Gasteiger partial charge in [0.05, 0.1) is 35.3 Å². The molecule has 4 rings (SSSR count). The number of methoxy groups -OCH3 is 2. The number of aliphatic imine (C=N–C) groups is 1. The molecule has 1 saturated heterocycles. The first-order valence-electron chi connectivity index (χ1n) is 10.3. The van der Waals surface area contributed by atoms with Crippen LogP contribution in [0.3, 0.4) is 0 Å². The van der Waals surface area contributed by atoms with Crippen molar-refractivity contribution in [1.82, 2.24) is 4.90 Å². The molecule has 3 aromatic carbocycles. The van der Waals surface area contributed by atoms with Gasteiger partial charge >= 0.3 is 0 Å². The normalized spacial score (nSPS) is 17.0. The Hall–Kier alpha value is -3.03. The number of benzene rings is 3. The molecule has 0 aliphatic carbocycles. The van der Waals surface area contributed by atoms with E-state index in [1.165, 1.54) is 11.8 Å². The summed E-state index contributed by atoms with van der Waals surface area (Å²) in [6.45, 7) is 2.02. The minimum absolute atomic E-state index is 0.0972. The van der Waals surface area contributed by atoms with E-state index in [9.17, 15) is 4.79 Å². The summed E-state index contributed by atoms with van der Waals surface area (Å²) in [6.07, 6.45) is 1.84. The van der Waals surface area contributed by atoms with Crippen LogP contribution in [0, 0.1) is 0 Å². The minimum atomic E-state index is -0.177. The summed E-state index contributed by atoms with van der Waals surface area (Å²) in [6, 6.07) is 23.1. The second kappa shape index (κ2) is 10.3. The fourth-order valence-electron chi connectivity index (χ4n) is 3.54. The Balaban J connectivity index is 1.78. The van der Waals surface area contributed by atoms with E-state index in [0.717, 1.165) is 21.3 Å². The summed E-state index contributed by atoms with van der Waals surface area (Å²) in [7, 11) is 3.20. The molecule has 5 nitrogen and oxygen atoms in total. The van der Waals surface area contributed by atoms with Crippen LogP contribution < -0.4 is 9.47 Å². The average Bonchev–Trinajstić information content (AvgIpc) is 3.14. The quantitative estimate of drug-likeness (QED) is 0.333. The van der Waals surface area contributed by atoms with Crippen LogP contribution in [0.5, 0.6) is 11.5 Å². The number of nitrogens with zero attached hydrogens (tertiary/aromatic N) is 2. The summed E-state index contributed by atoms with van der Waals surface area (Å²) < 4.78 is 11.7. The molecule has 0 aromatic heterocycles. The molecule has 0 N–H and O–H groups in total.